The third kappa shape index (κ3) is 3.40. The molecule has 0 radical (unpaired) electrons. The first kappa shape index (κ1) is 19.6. The maximum atomic E-state index is 13.0. The third-order valence-electron chi connectivity index (χ3n) is 4.98. The number of hydrogen-bond donors (Lipinski definition) is 2. The molecule has 0 fully saturated rings. The molecule has 4 aromatic rings. The Bertz CT molecular complexity index is 1320. The van der Waals surface area contributed by atoms with Crippen molar-refractivity contribution in [2.75, 3.05) is 5.32 Å². The Morgan fingerprint density at radius 2 is 2.00 bits per heavy atom. The minimum absolute atomic E-state index is 0.255. The number of hydrogen-bond acceptors (Lipinski definition) is 5. The van der Waals surface area contributed by atoms with Crippen molar-refractivity contribution in [1.82, 2.24) is 19.2 Å². The van der Waals surface area contributed by atoms with Crippen molar-refractivity contribution in [3.05, 3.63) is 65.2 Å². The summed E-state index contributed by atoms with van der Waals surface area (Å²) >= 11 is 0. The van der Waals surface area contributed by atoms with E-state index in [-0.39, 0.29) is 11.8 Å². The van der Waals surface area contributed by atoms with Crippen LogP contribution in [0.5, 0.6) is 0 Å². The van der Waals surface area contributed by atoms with E-state index in [9.17, 15) is 9.90 Å². The van der Waals surface area contributed by atoms with Gasteiger partial charge in [0, 0.05) is 11.8 Å². The molecule has 4 heterocycles. The summed E-state index contributed by atoms with van der Waals surface area (Å²) in [7, 11) is 0. The van der Waals surface area contributed by atoms with Gasteiger partial charge in [-0.15, -0.1) is 0 Å². The van der Waals surface area contributed by atoms with Crippen molar-refractivity contribution in [2.45, 2.75) is 39.2 Å². The molecule has 2 N–H and O–H groups in total. The zero-order valence-corrected chi connectivity index (χ0v) is 17.2. The van der Waals surface area contributed by atoms with Crippen LogP contribution in [0.2, 0.25) is 0 Å². The lowest BCUT2D eigenvalue weighted by Gasteiger charge is -2.22. The molecule has 0 aromatic carbocycles. The van der Waals surface area contributed by atoms with Crippen LogP contribution in [0, 0.1) is 11.3 Å². The maximum Gasteiger partial charge on any atom is 0.274 e. The molecule has 0 unspecified atom stereocenters. The molecular formula is C22H22N6O2. The zero-order chi connectivity index (χ0) is 21.6. The number of anilines is 1. The van der Waals surface area contributed by atoms with Gasteiger partial charge in [0.15, 0.2) is 0 Å². The molecule has 0 saturated heterocycles. The van der Waals surface area contributed by atoms with Gasteiger partial charge in [0.25, 0.3) is 5.91 Å². The van der Waals surface area contributed by atoms with Gasteiger partial charge in [-0.1, -0.05) is 13.8 Å². The lowest BCUT2D eigenvalue weighted by Crippen LogP contribution is -2.22. The second kappa shape index (κ2) is 6.97. The summed E-state index contributed by atoms with van der Waals surface area (Å²) < 4.78 is 3.20. The Kier molecular flexibility index (Phi) is 4.56. The van der Waals surface area contributed by atoms with Crippen molar-refractivity contribution in [2.24, 2.45) is 0 Å². The number of rotatable bonds is 4. The fourth-order valence-corrected chi connectivity index (χ4v) is 3.35. The number of carbonyl (C=O) groups is 1. The van der Waals surface area contributed by atoms with Crippen molar-refractivity contribution >= 4 is 22.6 Å². The van der Waals surface area contributed by atoms with Gasteiger partial charge < -0.3 is 10.4 Å². The Balaban J connectivity index is 1.77. The first-order chi connectivity index (χ1) is 14.2. The largest absolute Gasteiger partial charge is 0.386 e. The predicted octanol–water partition coefficient (Wildman–Crippen LogP) is 3.46. The zero-order valence-electron chi connectivity index (χ0n) is 17.2. The molecule has 1 amide bonds. The van der Waals surface area contributed by atoms with Gasteiger partial charge in [-0.05, 0) is 50.1 Å². The highest BCUT2D eigenvalue weighted by Crippen LogP contribution is 2.30. The molecule has 152 valence electrons. The summed E-state index contributed by atoms with van der Waals surface area (Å²) in [4.78, 5) is 13.0. The number of pyridine rings is 1. The first-order valence-electron chi connectivity index (χ1n) is 9.63. The predicted molar refractivity (Wildman–Crippen MR) is 112 cm³/mol. The van der Waals surface area contributed by atoms with Gasteiger partial charge in [-0.2, -0.15) is 15.5 Å². The minimum Gasteiger partial charge on any atom is -0.386 e. The van der Waals surface area contributed by atoms with Crippen LogP contribution in [0.1, 0.15) is 60.9 Å². The molecule has 0 aliphatic rings. The van der Waals surface area contributed by atoms with Gasteiger partial charge in [0.05, 0.1) is 39.8 Å². The highest BCUT2D eigenvalue weighted by molar-refractivity contribution is 6.04. The van der Waals surface area contributed by atoms with Gasteiger partial charge in [0.2, 0.25) is 0 Å². The van der Waals surface area contributed by atoms with Crippen LogP contribution < -0.4 is 5.32 Å². The Hall–Kier alpha value is -3.70. The van der Waals surface area contributed by atoms with Crippen LogP contribution in [0.4, 0.5) is 5.69 Å². The van der Waals surface area contributed by atoms with E-state index in [0.29, 0.717) is 28.0 Å². The second-order valence-corrected chi connectivity index (χ2v) is 8.12. The summed E-state index contributed by atoms with van der Waals surface area (Å²) in [5.41, 5.74) is 2.99. The van der Waals surface area contributed by atoms with Crippen LogP contribution in [0.15, 0.2) is 42.7 Å². The number of amides is 1. The Labute approximate surface area is 173 Å². The number of fused-ring (bicyclic) bond motifs is 2. The van der Waals surface area contributed by atoms with Crippen LogP contribution in [0.3, 0.4) is 0 Å². The lowest BCUT2D eigenvalue weighted by molar-refractivity contribution is 0.0787. The third-order valence-corrected chi connectivity index (χ3v) is 4.98. The average Bonchev–Trinajstić information content (AvgIpc) is 3.29. The molecule has 8 heteroatoms. The number of nitrogens with one attached hydrogen (secondary N) is 1. The minimum atomic E-state index is -1.19. The fourth-order valence-electron chi connectivity index (χ4n) is 3.35. The SMILES string of the molecule is CC(C)c1cc2cc(NC(=O)c3ccc4cc(C#N)cnn34)c(C(C)(C)O)cn2n1. The van der Waals surface area contributed by atoms with E-state index in [1.54, 1.807) is 48.8 Å². The number of aliphatic hydroxyl groups is 1. The first-order valence-corrected chi connectivity index (χ1v) is 9.63. The summed E-state index contributed by atoms with van der Waals surface area (Å²) in [5.74, 6) is -0.115. The van der Waals surface area contributed by atoms with Gasteiger partial charge in [-0.3, -0.25) is 4.79 Å². The number of nitrogens with zero attached hydrogens (tertiary/aromatic N) is 5. The van der Waals surface area contributed by atoms with E-state index in [2.05, 4.69) is 29.4 Å². The summed E-state index contributed by atoms with van der Waals surface area (Å²) in [6, 6.07) is 10.9. The van der Waals surface area contributed by atoms with Crippen molar-refractivity contribution in [1.29, 1.82) is 5.26 Å². The van der Waals surface area contributed by atoms with E-state index in [0.717, 1.165) is 11.2 Å². The number of aromatic nitrogens is 4. The molecule has 0 bridgehead atoms. The molecule has 4 rings (SSSR count). The summed E-state index contributed by atoms with van der Waals surface area (Å²) in [5, 5.41) is 31.4. The molecule has 4 aromatic heterocycles. The topological polar surface area (TPSA) is 108 Å². The maximum absolute atomic E-state index is 13.0. The summed E-state index contributed by atoms with van der Waals surface area (Å²) in [6.45, 7) is 7.44. The highest BCUT2D eigenvalue weighted by Gasteiger charge is 2.24. The second-order valence-electron chi connectivity index (χ2n) is 8.12. The van der Waals surface area contributed by atoms with Gasteiger partial charge >= 0.3 is 0 Å². The average molecular weight is 402 g/mol. The molecule has 8 nitrogen and oxygen atoms in total. The van der Waals surface area contributed by atoms with Crippen LogP contribution in [0.25, 0.3) is 11.0 Å². The van der Waals surface area contributed by atoms with Crippen molar-refractivity contribution in [3.8, 4) is 6.07 Å². The fraction of sp³-hybridized carbons (Fsp3) is 0.273. The van der Waals surface area contributed by atoms with E-state index >= 15 is 0 Å². The Morgan fingerprint density at radius 1 is 1.23 bits per heavy atom. The Morgan fingerprint density at radius 3 is 2.67 bits per heavy atom. The van der Waals surface area contributed by atoms with Gasteiger partial charge in [0.1, 0.15) is 11.8 Å². The quantitative estimate of drug-likeness (QED) is 0.543. The molecule has 0 saturated carbocycles. The van der Waals surface area contributed by atoms with Crippen molar-refractivity contribution < 1.29 is 9.90 Å². The van der Waals surface area contributed by atoms with Crippen LogP contribution in [-0.4, -0.2) is 30.2 Å². The smallest absolute Gasteiger partial charge is 0.274 e. The van der Waals surface area contributed by atoms with E-state index < -0.39 is 5.60 Å². The van der Waals surface area contributed by atoms with E-state index in [1.165, 1.54) is 10.7 Å². The van der Waals surface area contributed by atoms with Crippen molar-refractivity contribution in [3.63, 3.8) is 0 Å². The molecule has 0 aliphatic carbocycles. The monoisotopic (exact) mass is 402 g/mol. The normalized spacial score (nSPS) is 11.9. The van der Waals surface area contributed by atoms with E-state index in [1.807, 2.05) is 12.1 Å². The molecule has 0 atom stereocenters. The molecule has 0 spiro atoms. The summed E-state index contributed by atoms with van der Waals surface area (Å²) in [6.07, 6.45) is 3.16. The van der Waals surface area contributed by atoms with Crippen LogP contribution in [-0.2, 0) is 5.60 Å². The molecule has 0 aliphatic heterocycles. The highest BCUT2D eigenvalue weighted by atomic mass is 16.3. The van der Waals surface area contributed by atoms with E-state index in [4.69, 9.17) is 5.26 Å². The molecule has 30 heavy (non-hydrogen) atoms. The number of nitriles is 1. The standard InChI is InChI=1S/C22H22N6O2/c1-13(2)18-8-16-9-19(17(22(3,4)30)12-27(16)26-18)25-21(29)20-6-5-15-7-14(10-23)11-24-28(15)20/h5-9,11-13,30H,1-4H3,(H,25,29). The number of carbonyl (C=O) groups excluding carboxylic acids is 1. The van der Waals surface area contributed by atoms with Gasteiger partial charge in [-0.25, -0.2) is 9.03 Å². The lowest BCUT2D eigenvalue weighted by atomic mass is 9.98. The molecular weight excluding hydrogens is 380 g/mol. The van der Waals surface area contributed by atoms with Crippen LogP contribution >= 0.6 is 0 Å².